The van der Waals surface area contributed by atoms with E-state index in [0.717, 1.165) is 25.2 Å². The van der Waals surface area contributed by atoms with E-state index in [9.17, 15) is 9.59 Å². The zero-order valence-corrected chi connectivity index (χ0v) is 21.4. The molecule has 1 unspecified atom stereocenters. The first kappa shape index (κ1) is 23.8. The summed E-state index contributed by atoms with van der Waals surface area (Å²) in [4.78, 5) is 42.2. The molecule has 1 spiro atoms. The van der Waals surface area contributed by atoms with Crippen molar-refractivity contribution in [3.05, 3.63) is 42.2 Å². The van der Waals surface area contributed by atoms with Crippen LogP contribution >= 0.6 is 0 Å². The summed E-state index contributed by atoms with van der Waals surface area (Å²) in [5, 5.41) is 2.85. The van der Waals surface area contributed by atoms with Gasteiger partial charge in [0.2, 0.25) is 0 Å². The van der Waals surface area contributed by atoms with Gasteiger partial charge in [-0.1, -0.05) is 0 Å². The van der Waals surface area contributed by atoms with Gasteiger partial charge in [-0.3, -0.25) is 4.79 Å². The fraction of sp³-hybridized carbons (Fsp3) is 0.480. The predicted molar refractivity (Wildman–Crippen MR) is 134 cm³/mol. The number of rotatable bonds is 5. The van der Waals surface area contributed by atoms with Crippen LogP contribution in [0, 0.1) is 12.3 Å². The van der Waals surface area contributed by atoms with Gasteiger partial charge < -0.3 is 29.0 Å². The van der Waals surface area contributed by atoms with E-state index in [1.54, 1.807) is 37.5 Å². The Bertz CT molecular complexity index is 1320. The van der Waals surface area contributed by atoms with Gasteiger partial charge in [-0.2, -0.15) is 0 Å². The number of amides is 2. The van der Waals surface area contributed by atoms with Crippen molar-refractivity contribution in [1.29, 1.82) is 0 Å². The molecule has 36 heavy (non-hydrogen) atoms. The molecule has 1 saturated carbocycles. The third-order valence-electron chi connectivity index (χ3n) is 6.62. The molecule has 0 radical (unpaired) electrons. The lowest BCUT2D eigenvalue weighted by Gasteiger charge is -2.42. The number of hydrogen-bond acceptors (Lipinski definition) is 8. The number of pyridine rings is 1. The fourth-order valence-electron chi connectivity index (χ4n) is 4.76. The van der Waals surface area contributed by atoms with Crippen molar-refractivity contribution in [1.82, 2.24) is 24.3 Å². The number of imidazole rings is 1. The minimum absolute atomic E-state index is 0.0761. The second-order valence-electron chi connectivity index (χ2n) is 10.7. The van der Waals surface area contributed by atoms with Gasteiger partial charge in [0.05, 0.1) is 30.9 Å². The molecule has 1 atom stereocenters. The second-order valence-corrected chi connectivity index (χ2v) is 10.7. The minimum atomic E-state index is -0.514. The van der Waals surface area contributed by atoms with Crippen LogP contribution in [0.2, 0.25) is 0 Å². The van der Waals surface area contributed by atoms with Crippen LogP contribution in [0.4, 0.5) is 16.3 Å². The zero-order chi connectivity index (χ0) is 25.8. The summed E-state index contributed by atoms with van der Waals surface area (Å²) in [6.07, 6.45) is 7.37. The van der Waals surface area contributed by atoms with Crippen molar-refractivity contribution >= 4 is 29.2 Å². The molecular weight excluding hydrogens is 462 g/mol. The first-order valence-corrected chi connectivity index (χ1v) is 11.9. The maximum atomic E-state index is 12.8. The van der Waals surface area contributed by atoms with Crippen LogP contribution in [0.3, 0.4) is 0 Å². The summed E-state index contributed by atoms with van der Waals surface area (Å²) in [6, 6.07) is 1.89. The van der Waals surface area contributed by atoms with Crippen molar-refractivity contribution in [3.8, 4) is 5.75 Å². The number of aryl methyl sites for hydroxylation is 1. The highest BCUT2D eigenvalue weighted by molar-refractivity contribution is 6.02. The fourth-order valence-corrected chi connectivity index (χ4v) is 4.76. The molecule has 1 saturated heterocycles. The summed E-state index contributed by atoms with van der Waals surface area (Å²) >= 11 is 0. The van der Waals surface area contributed by atoms with Gasteiger partial charge in [0.15, 0.2) is 11.4 Å². The number of nitrogens with zero attached hydrogens (tertiary/aromatic N) is 6. The van der Waals surface area contributed by atoms with Crippen molar-refractivity contribution in [2.24, 2.45) is 5.41 Å². The van der Waals surface area contributed by atoms with Gasteiger partial charge in [-0.05, 0) is 34.1 Å². The molecule has 1 aliphatic carbocycles. The molecule has 2 aliphatic rings. The lowest BCUT2D eigenvalue weighted by molar-refractivity contribution is 0.0254. The quantitative estimate of drug-likeness (QED) is 0.577. The van der Waals surface area contributed by atoms with Crippen LogP contribution in [-0.2, 0) is 4.74 Å². The molecule has 190 valence electrons. The Kier molecular flexibility index (Phi) is 5.53. The van der Waals surface area contributed by atoms with E-state index in [4.69, 9.17) is 9.47 Å². The standard InChI is InChI=1S/C25H31N7O4/c1-15-11-31-12-16(7-18(35-6)21(31)28-15)29-22(33)17-9-27-20(10-26-17)32-13-25(14-32)8-19(25)30(5)23(34)36-24(2,3)4/h7,9-12,19H,8,13-14H2,1-6H3,(H,29,33). The monoisotopic (exact) mass is 493 g/mol. The van der Waals surface area contributed by atoms with E-state index in [1.165, 1.54) is 6.20 Å². The molecule has 0 bridgehead atoms. The molecule has 2 fully saturated rings. The van der Waals surface area contributed by atoms with Crippen LogP contribution < -0.4 is 15.0 Å². The average molecular weight is 494 g/mol. The normalized spacial score (nSPS) is 18.1. The number of methoxy groups -OCH3 is 1. The number of carbonyl (C=O) groups excluding carboxylic acids is 2. The molecule has 5 rings (SSSR count). The molecule has 1 N–H and O–H groups in total. The van der Waals surface area contributed by atoms with Crippen LogP contribution in [0.25, 0.3) is 5.65 Å². The maximum absolute atomic E-state index is 12.8. The van der Waals surface area contributed by atoms with Gasteiger partial charge in [-0.15, -0.1) is 0 Å². The van der Waals surface area contributed by atoms with Crippen LogP contribution in [0.1, 0.15) is 43.4 Å². The topological polar surface area (TPSA) is 114 Å². The van der Waals surface area contributed by atoms with E-state index >= 15 is 0 Å². The minimum Gasteiger partial charge on any atom is -0.493 e. The molecule has 1 aliphatic heterocycles. The second kappa shape index (κ2) is 8.35. The van der Waals surface area contributed by atoms with Crippen LogP contribution in [0.15, 0.2) is 30.9 Å². The van der Waals surface area contributed by atoms with Gasteiger partial charge in [0.1, 0.15) is 17.1 Å². The van der Waals surface area contributed by atoms with Crippen LogP contribution in [-0.4, -0.2) is 75.1 Å². The highest BCUT2D eigenvalue weighted by Gasteiger charge is 2.64. The summed E-state index contributed by atoms with van der Waals surface area (Å²) in [6.45, 7) is 9.07. The Labute approximate surface area is 209 Å². The third-order valence-corrected chi connectivity index (χ3v) is 6.62. The van der Waals surface area contributed by atoms with E-state index < -0.39 is 5.60 Å². The molecule has 11 nitrogen and oxygen atoms in total. The molecule has 4 heterocycles. The Hall–Kier alpha value is -3.89. The average Bonchev–Trinajstić information content (AvgIpc) is 3.43. The van der Waals surface area contributed by atoms with Gasteiger partial charge in [0.25, 0.3) is 5.91 Å². The first-order chi connectivity index (χ1) is 17.0. The maximum Gasteiger partial charge on any atom is 0.410 e. The molecule has 0 aromatic carbocycles. The Morgan fingerprint density at radius 1 is 1.19 bits per heavy atom. The Morgan fingerprint density at radius 2 is 1.94 bits per heavy atom. The summed E-state index contributed by atoms with van der Waals surface area (Å²) in [7, 11) is 3.36. The number of fused-ring (bicyclic) bond motifs is 1. The Morgan fingerprint density at radius 3 is 2.58 bits per heavy atom. The van der Waals surface area contributed by atoms with Gasteiger partial charge >= 0.3 is 6.09 Å². The first-order valence-electron chi connectivity index (χ1n) is 11.9. The van der Waals surface area contributed by atoms with Crippen molar-refractivity contribution in [3.63, 3.8) is 0 Å². The lowest BCUT2D eigenvalue weighted by atomic mass is 9.95. The number of hydrogen-bond donors (Lipinski definition) is 1. The molecular formula is C25H31N7O4. The zero-order valence-electron chi connectivity index (χ0n) is 21.4. The van der Waals surface area contributed by atoms with Gasteiger partial charge in [0, 0.05) is 50.1 Å². The van der Waals surface area contributed by atoms with Crippen molar-refractivity contribution in [2.45, 2.75) is 45.8 Å². The number of aromatic nitrogens is 4. The number of anilines is 2. The summed E-state index contributed by atoms with van der Waals surface area (Å²) in [5.41, 5.74) is 1.86. The Balaban J connectivity index is 1.19. The molecule has 2 amide bonds. The number of nitrogens with one attached hydrogen (secondary N) is 1. The molecule has 3 aromatic rings. The van der Waals surface area contributed by atoms with E-state index in [0.29, 0.717) is 22.9 Å². The number of ether oxygens (including phenoxy) is 2. The van der Waals surface area contributed by atoms with Crippen molar-refractivity contribution in [2.75, 3.05) is 37.5 Å². The SMILES string of the molecule is COc1cc(NC(=O)c2cnc(N3CC4(CC4N(C)C(=O)OC(C)(C)C)C3)cn2)cn2cc(C)nc12. The molecule has 11 heteroatoms. The smallest absolute Gasteiger partial charge is 0.410 e. The summed E-state index contributed by atoms with van der Waals surface area (Å²) < 4.78 is 12.7. The van der Waals surface area contributed by atoms with E-state index in [-0.39, 0.29) is 29.2 Å². The predicted octanol–water partition coefficient (Wildman–Crippen LogP) is 3.14. The highest BCUT2D eigenvalue weighted by atomic mass is 16.6. The summed E-state index contributed by atoms with van der Waals surface area (Å²) in [5.74, 6) is 0.901. The van der Waals surface area contributed by atoms with Crippen molar-refractivity contribution < 1.29 is 19.1 Å². The third kappa shape index (κ3) is 4.40. The van der Waals surface area contributed by atoms with E-state index in [2.05, 4.69) is 25.2 Å². The largest absolute Gasteiger partial charge is 0.493 e. The van der Waals surface area contributed by atoms with E-state index in [1.807, 2.05) is 38.3 Å². The van der Waals surface area contributed by atoms with Gasteiger partial charge in [-0.25, -0.2) is 19.7 Å². The molecule has 3 aromatic heterocycles. The highest BCUT2D eigenvalue weighted by Crippen LogP contribution is 2.56. The lowest BCUT2D eigenvalue weighted by Crippen LogP contribution is -2.53. The van der Waals surface area contributed by atoms with Crippen LogP contribution in [0.5, 0.6) is 5.75 Å². The number of carbonyl (C=O) groups is 2.